The Kier molecular flexibility index (Phi) is 4.13. The van der Waals surface area contributed by atoms with Gasteiger partial charge in [-0.15, -0.1) is 0 Å². The van der Waals surface area contributed by atoms with E-state index in [2.05, 4.69) is 0 Å². The quantitative estimate of drug-likeness (QED) is 0.578. The summed E-state index contributed by atoms with van der Waals surface area (Å²) in [6.45, 7) is 0. The first kappa shape index (κ1) is 17.5. The molecule has 0 aromatic heterocycles. The molecule has 110 valence electrons. The molecule has 0 unspecified atom stereocenters. The minimum absolute atomic E-state index is 1.47. The van der Waals surface area contributed by atoms with Crippen LogP contribution >= 0.6 is 7.60 Å². The normalized spacial score (nSPS) is 15.9. The lowest BCUT2D eigenvalue weighted by atomic mass is 10.5. The SMILES string of the molecule is O=P([O-])([O-])C(F)(F)C(F)(F)OC(F)(F)C(F)(F)F. The zero-order valence-corrected chi connectivity index (χ0v) is 8.38. The molecule has 0 amide bonds. The first-order valence-corrected chi connectivity index (χ1v) is 4.92. The second kappa shape index (κ2) is 4.25. The number of hydrogen-bond donors (Lipinski definition) is 0. The molecule has 0 spiro atoms. The summed E-state index contributed by atoms with van der Waals surface area (Å²) in [6, 6.07) is 0. The van der Waals surface area contributed by atoms with E-state index in [-0.39, 0.29) is 0 Å². The maximum absolute atomic E-state index is 12.2. The molecule has 0 radical (unpaired) electrons. The van der Waals surface area contributed by atoms with Crippen LogP contribution in [0.25, 0.3) is 0 Å². The Balaban J connectivity index is 5.40. The molecule has 0 rings (SSSR count). The Bertz CT molecular complexity index is 356. The van der Waals surface area contributed by atoms with Gasteiger partial charge in [0.1, 0.15) is 0 Å². The summed E-state index contributed by atoms with van der Waals surface area (Å²) in [7, 11) is -7.54. The average molecular weight is 314 g/mol. The van der Waals surface area contributed by atoms with Gasteiger partial charge in [0.2, 0.25) is 0 Å². The number of halogens is 9. The van der Waals surface area contributed by atoms with E-state index < -0.39 is 31.7 Å². The number of rotatable bonds is 4. The number of ether oxygens (including phenoxy) is 1. The molecular weight excluding hydrogens is 314 g/mol. The Labute approximate surface area is 91.5 Å². The Hall–Kier alpha value is -0.520. The van der Waals surface area contributed by atoms with Crippen molar-refractivity contribution in [2.75, 3.05) is 0 Å². The lowest BCUT2D eigenvalue weighted by Gasteiger charge is -2.41. The van der Waals surface area contributed by atoms with Gasteiger partial charge in [-0.1, -0.05) is 0 Å². The van der Waals surface area contributed by atoms with Gasteiger partial charge in [-0.25, -0.2) is 4.74 Å². The average Bonchev–Trinajstić information content (AvgIpc) is 1.96. The van der Waals surface area contributed by atoms with Crippen LogP contribution in [0.2, 0.25) is 0 Å². The highest BCUT2D eigenvalue weighted by Gasteiger charge is 2.70. The molecule has 0 aliphatic carbocycles. The fourth-order valence-electron chi connectivity index (χ4n) is 0.440. The molecule has 18 heavy (non-hydrogen) atoms. The predicted molar refractivity (Wildman–Crippen MR) is 29.6 cm³/mol. The topological polar surface area (TPSA) is 72.4 Å². The summed E-state index contributed by atoms with van der Waals surface area (Å²) in [6.07, 6.45) is -20.5. The zero-order chi connectivity index (χ0) is 15.2. The van der Waals surface area contributed by atoms with Crippen molar-refractivity contribution in [2.24, 2.45) is 0 Å². The van der Waals surface area contributed by atoms with Gasteiger partial charge >= 0.3 is 24.1 Å². The molecule has 0 fully saturated rings. The van der Waals surface area contributed by atoms with Gasteiger partial charge in [0.15, 0.2) is 0 Å². The summed E-state index contributed by atoms with van der Waals surface area (Å²) in [4.78, 5) is 19.3. The second-order valence-electron chi connectivity index (χ2n) is 2.67. The predicted octanol–water partition coefficient (Wildman–Crippen LogP) is 1.26. The molecule has 0 heterocycles. The summed E-state index contributed by atoms with van der Waals surface area (Å²) < 4.78 is 118. The molecule has 0 aromatic carbocycles. The summed E-state index contributed by atoms with van der Waals surface area (Å²) in [5.41, 5.74) is -6.78. The Morgan fingerprint density at radius 2 is 1.11 bits per heavy atom. The highest BCUT2D eigenvalue weighted by atomic mass is 31.2. The van der Waals surface area contributed by atoms with Gasteiger partial charge in [-0.05, 0) is 0 Å². The molecule has 4 nitrogen and oxygen atoms in total. The van der Waals surface area contributed by atoms with Crippen LogP contribution in [0.3, 0.4) is 0 Å². The van der Waals surface area contributed by atoms with E-state index in [1.165, 1.54) is 4.74 Å². The third-order valence-electron chi connectivity index (χ3n) is 1.28. The van der Waals surface area contributed by atoms with Gasteiger partial charge in [-0.3, -0.25) is 0 Å². The smallest absolute Gasteiger partial charge is 0.483 e. The van der Waals surface area contributed by atoms with Crippen molar-refractivity contribution in [3.63, 3.8) is 0 Å². The van der Waals surface area contributed by atoms with Crippen LogP contribution in [0.15, 0.2) is 0 Å². The lowest BCUT2D eigenvalue weighted by molar-refractivity contribution is -0.484. The van der Waals surface area contributed by atoms with Gasteiger partial charge in [-0.2, -0.15) is 39.5 Å². The molecule has 0 bridgehead atoms. The fraction of sp³-hybridized carbons (Fsp3) is 1.00. The first-order valence-electron chi connectivity index (χ1n) is 3.38. The molecular formula is C4F9O4P-2. The Morgan fingerprint density at radius 3 is 1.33 bits per heavy atom. The van der Waals surface area contributed by atoms with E-state index in [1.807, 2.05) is 0 Å². The van der Waals surface area contributed by atoms with Crippen molar-refractivity contribution >= 4 is 7.60 Å². The minimum atomic E-state index is -7.54. The van der Waals surface area contributed by atoms with E-state index >= 15 is 0 Å². The molecule has 0 aliphatic heterocycles. The van der Waals surface area contributed by atoms with Crippen molar-refractivity contribution < 1.29 is 58.6 Å². The van der Waals surface area contributed by atoms with Gasteiger partial charge < -0.3 is 14.4 Å². The third-order valence-corrected chi connectivity index (χ3v) is 2.23. The van der Waals surface area contributed by atoms with Crippen molar-refractivity contribution in [1.82, 2.24) is 0 Å². The lowest BCUT2D eigenvalue weighted by Crippen LogP contribution is -2.54. The number of hydrogen-bond acceptors (Lipinski definition) is 4. The molecule has 0 atom stereocenters. The molecule has 14 heteroatoms. The zero-order valence-electron chi connectivity index (χ0n) is 7.48. The van der Waals surface area contributed by atoms with E-state index in [0.29, 0.717) is 0 Å². The largest absolute Gasteiger partial charge is 0.806 e. The van der Waals surface area contributed by atoms with E-state index in [1.54, 1.807) is 0 Å². The van der Waals surface area contributed by atoms with Crippen LogP contribution in [0.4, 0.5) is 39.5 Å². The van der Waals surface area contributed by atoms with Crippen LogP contribution in [0.5, 0.6) is 0 Å². The van der Waals surface area contributed by atoms with Crippen LogP contribution in [-0.2, 0) is 9.30 Å². The van der Waals surface area contributed by atoms with Crippen molar-refractivity contribution in [1.29, 1.82) is 0 Å². The van der Waals surface area contributed by atoms with E-state index in [4.69, 9.17) is 0 Å². The molecule has 0 N–H and O–H groups in total. The van der Waals surface area contributed by atoms with Gasteiger partial charge in [0.25, 0.3) is 0 Å². The van der Waals surface area contributed by atoms with E-state index in [0.717, 1.165) is 0 Å². The molecule has 0 aliphatic rings. The summed E-state index contributed by atoms with van der Waals surface area (Å²) in [5.74, 6) is 0. The van der Waals surface area contributed by atoms with Crippen LogP contribution in [0.1, 0.15) is 0 Å². The molecule has 0 aromatic rings. The first-order chi connectivity index (χ1) is 7.46. The van der Waals surface area contributed by atoms with Gasteiger partial charge in [0, 0.05) is 7.60 Å². The molecule has 0 saturated carbocycles. The third kappa shape index (κ3) is 3.08. The minimum Gasteiger partial charge on any atom is -0.806 e. The highest BCUT2D eigenvalue weighted by Crippen LogP contribution is 2.57. The second-order valence-corrected chi connectivity index (χ2v) is 4.23. The van der Waals surface area contributed by atoms with Crippen molar-refractivity contribution in [3.05, 3.63) is 0 Å². The Morgan fingerprint density at radius 1 is 0.778 bits per heavy atom. The van der Waals surface area contributed by atoms with Gasteiger partial charge in [0.05, 0.1) is 0 Å². The summed E-state index contributed by atoms with van der Waals surface area (Å²) >= 11 is 0. The van der Waals surface area contributed by atoms with Crippen LogP contribution in [-0.4, -0.2) is 24.1 Å². The number of alkyl halides is 9. The van der Waals surface area contributed by atoms with Crippen molar-refractivity contribution in [3.8, 4) is 0 Å². The fourth-order valence-corrected chi connectivity index (χ4v) is 0.804. The van der Waals surface area contributed by atoms with Crippen LogP contribution in [0, 0.1) is 0 Å². The van der Waals surface area contributed by atoms with Crippen LogP contribution < -0.4 is 9.79 Å². The maximum atomic E-state index is 12.2. The highest BCUT2D eigenvalue weighted by molar-refractivity contribution is 7.50. The summed E-state index contributed by atoms with van der Waals surface area (Å²) in [5, 5.41) is 0. The van der Waals surface area contributed by atoms with E-state index in [9.17, 15) is 53.9 Å². The van der Waals surface area contributed by atoms with Crippen molar-refractivity contribution in [2.45, 2.75) is 24.1 Å². The molecule has 0 saturated heterocycles. The maximum Gasteiger partial charge on any atom is 0.483 e. The standard InChI is InChI=1S/C4H2F9O4P/c5-1(6,7)2(8,9)17-3(10,11)4(12,13)18(14,15)16/h(H2,14,15,16)/p-2. The monoisotopic (exact) mass is 314 g/mol.